The number of hydrogen-bond donors (Lipinski definition) is 0. The quantitative estimate of drug-likeness (QED) is 0.152. The fraction of sp³-hybridized carbons (Fsp3) is 0.184. The summed E-state index contributed by atoms with van der Waals surface area (Å²) < 4.78 is 0. The van der Waals surface area contributed by atoms with Gasteiger partial charge in [0.05, 0.1) is 17.6 Å². The van der Waals surface area contributed by atoms with Crippen LogP contribution in [0.3, 0.4) is 0 Å². The molecule has 1 aliphatic carbocycles. The van der Waals surface area contributed by atoms with Crippen molar-refractivity contribution >= 4 is 34.7 Å². The molecule has 0 radical (unpaired) electrons. The minimum absolute atomic E-state index is 1.05. The molecule has 0 aliphatic heterocycles. The third-order valence-corrected chi connectivity index (χ3v) is 8.09. The summed E-state index contributed by atoms with van der Waals surface area (Å²) in [5, 5.41) is 7.05. The Bertz CT molecular complexity index is 1650. The van der Waals surface area contributed by atoms with Crippen LogP contribution in [0.5, 0.6) is 0 Å². The molecule has 0 saturated heterocycles. The summed E-state index contributed by atoms with van der Waals surface area (Å²) in [6, 6.07) is 41.3. The zero-order valence-corrected chi connectivity index (χ0v) is 24.2. The third-order valence-electron chi connectivity index (χ3n) is 8.09. The topological polar surface area (TPSA) is 18.8 Å². The summed E-state index contributed by atoms with van der Waals surface area (Å²) in [5.74, 6) is 0. The van der Waals surface area contributed by atoms with Gasteiger partial charge in [0.1, 0.15) is 0 Å². The molecule has 0 heterocycles. The summed E-state index contributed by atoms with van der Waals surface area (Å²) in [6.45, 7) is 6.46. The van der Waals surface area contributed by atoms with E-state index in [1.165, 1.54) is 47.1 Å². The Labute approximate surface area is 244 Å². The fourth-order valence-electron chi connectivity index (χ4n) is 5.54. The van der Waals surface area contributed by atoms with Crippen LogP contribution < -0.4 is 9.91 Å². The summed E-state index contributed by atoms with van der Waals surface area (Å²) >= 11 is 0. The van der Waals surface area contributed by atoms with Crippen LogP contribution in [0.4, 0.5) is 28.4 Å². The van der Waals surface area contributed by atoms with Crippen LogP contribution in [0.15, 0.2) is 120 Å². The predicted octanol–water partition coefficient (Wildman–Crippen LogP) is 10.1. The molecule has 5 aromatic carbocycles. The zero-order valence-electron chi connectivity index (χ0n) is 24.2. The highest BCUT2D eigenvalue weighted by Gasteiger charge is 2.15. The highest BCUT2D eigenvalue weighted by molar-refractivity contribution is 5.84. The van der Waals surface area contributed by atoms with Crippen LogP contribution in [0.25, 0.3) is 0 Å². The van der Waals surface area contributed by atoms with Gasteiger partial charge in [0.25, 0.3) is 0 Å². The number of nitrogens with zero attached hydrogens (tertiary/aromatic N) is 3. The maximum atomic E-state index is 5.00. The number of rotatable bonds is 7. The van der Waals surface area contributed by atoms with Crippen molar-refractivity contribution in [1.82, 2.24) is 0 Å². The first kappa shape index (κ1) is 26.6. The van der Waals surface area contributed by atoms with Gasteiger partial charge in [-0.2, -0.15) is 5.10 Å². The Morgan fingerprint density at radius 3 is 1.88 bits per heavy atom. The number of anilines is 5. The van der Waals surface area contributed by atoms with Crippen LogP contribution in [0.1, 0.15) is 46.2 Å². The van der Waals surface area contributed by atoms with Gasteiger partial charge in [-0.3, -0.25) is 0 Å². The molecule has 0 N–H and O–H groups in total. The smallest absolute Gasteiger partial charge is 0.0655 e. The lowest BCUT2D eigenvalue weighted by molar-refractivity contribution is 0.685. The van der Waals surface area contributed by atoms with E-state index in [0.29, 0.717) is 0 Å². The van der Waals surface area contributed by atoms with Gasteiger partial charge in [-0.15, -0.1) is 0 Å². The maximum absolute atomic E-state index is 5.00. The molecule has 1 aliphatic rings. The number of hydrazone groups is 1. The molecule has 0 spiro atoms. The maximum Gasteiger partial charge on any atom is 0.0655 e. The Morgan fingerprint density at radius 2 is 1.17 bits per heavy atom. The van der Waals surface area contributed by atoms with Crippen LogP contribution in [-0.2, 0) is 12.8 Å². The lowest BCUT2D eigenvalue weighted by Gasteiger charge is -2.26. The zero-order chi connectivity index (χ0) is 28.2. The number of hydrogen-bond acceptors (Lipinski definition) is 3. The normalized spacial score (nSPS) is 12.8. The Balaban J connectivity index is 1.32. The Hall–Kier alpha value is -4.63. The van der Waals surface area contributed by atoms with E-state index in [0.717, 1.165) is 40.4 Å². The summed E-state index contributed by atoms with van der Waals surface area (Å²) in [7, 11) is 0. The number of para-hydroxylation sites is 1. The first-order chi connectivity index (χ1) is 20.0. The monoisotopic (exact) mass is 535 g/mol. The highest BCUT2D eigenvalue weighted by atomic mass is 15.5. The molecule has 204 valence electrons. The molecule has 0 unspecified atom stereocenters. The fourth-order valence-corrected chi connectivity index (χ4v) is 5.54. The van der Waals surface area contributed by atoms with Crippen molar-refractivity contribution in [3.05, 3.63) is 149 Å². The van der Waals surface area contributed by atoms with E-state index in [1.54, 1.807) is 0 Å². The van der Waals surface area contributed by atoms with Crippen molar-refractivity contribution in [3.8, 4) is 0 Å². The van der Waals surface area contributed by atoms with Gasteiger partial charge in [-0.25, -0.2) is 5.01 Å². The van der Waals surface area contributed by atoms with Gasteiger partial charge in [-0.1, -0.05) is 60.2 Å². The van der Waals surface area contributed by atoms with Crippen LogP contribution >= 0.6 is 0 Å². The second-order valence-corrected chi connectivity index (χ2v) is 11.1. The van der Waals surface area contributed by atoms with E-state index >= 15 is 0 Å². The van der Waals surface area contributed by atoms with Crippen molar-refractivity contribution in [2.75, 3.05) is 9.91 Å². The summed E-state index contributed by atoms with van der Waals surface area (Å²) in [5.41, 5.74) is 13.4. The molecule has 3 nitrogen and oxygen atoms in total. The Kier molecular flexibility index (Phi) is 7.69. The van der Waals surface area contributed by atoms with Gasteiger partial charge in [0.15, 0.2) is 0 Å². The van der Waals surface area contributed by atoms with E-state index < -0.39 is 0 Å². The van der Waals surface area contributed by atoms with Crippen molar-refractivity contribution in [3.63, 3.8) is 0 Å². The van der Waals surface area contributed by atoms with Gasteiger partial charge >= 0.3 is 0 Å². The molecule has 5 aromatic rings. The molecule has 0 aromatic heterocycles. The van der Waals surface area contributed by atoms with E-state index in [1.807, 2.05) is 12.3 Å². The number of benzene rings is 5. The van der Waals surface area contributed by atoms with Gasteiger partial charge < -0.3 is 4.90 Å². The minimum Gasteiger partial charge on any atom is -0.310 e. The molecule has 6 rings (SSSR count). The molecule has 0 amide bonds. The van der Waals surface area contributed by atoms with Crippen molar-refractivity contribution in [1.29, 1.82) is 0 Å². The molecule has 41 heavy (non-hydrogen) atoms. The second kappa shape index (κ2) is 11.9. The average Bonchev–Trinajstić information content (AvgIpc) is 3.01. The van der Waals surface area contributed by atoms with Gasteiger partial charge in [0.2, 0.25) is 0 Å². The molecular weight excluding hydrogens is 498 g/mol. The van der Waals surface area contributed by atoms with Gasteiger partial charge in [0, 0.05) is 17.1 Å². The molecular formula is C38H37N3. The van der Waals surface area contributed by atoms with Crippen molar-refractivity contribution in [2.45, 2.75) is 46.5 Å². The van der Waals surface area contributed by atoms with Gasteiger partial charge in [-0.05, 0) is 135 Å². The summed E-state index contributed by atoms with van der Waals surface area (Å²) in [4.78, 5) is 2.32. The summed E-state index contributed by atoms with van der Waals surface area (Å²) in [6.07, 6.45) is 6.84. The molecule has 3 heteroatoms. The van der Waals surface area contributed by atoms with E-state index in [-0.39, 0.29) is 0 Å². The highest BCUT2D eigenvalue weighted by Crippen LogP contribution is 2.36. The second-order valence-electron chi connectivity index (χ2n) is 11.1. The van der Waals surface area contributed by atoms with Crippen LogP contribution in [-0.4, -0.2) is 6.21 Å². The largest absolute Gasteiger partial charge is 0.310 e. The van der Waals surface area contributed by atoms with Crippen molar-refractivity contribution in [2.24, 2.45) is 5.10 Å². The molecule has 0 atom stereocenters. The average molecular weight is 536 g/mol. The minimum atomic E-state index is 1.05. The SMILES string of the molecule is Cc1ccc(N(c2ccc(/C=N/N(c3ccccc3)c3ccc4c(c3)CCCC4)cc2)c2ccc(C)c(C)c2)cc1. The molecule has 0 saturated carbocycles. The van der Waals surface area contributed by atoms with Crippen LogP contribution in [0, 0.1) is 20.8 Å². The van der Waals surface area contributed by atoms with Crippen LogP contribution in [0.2, 0.25) is 0 Å². The Morgan fingerprint density at radius 1 is 0.537 bits per heavy atom. The standard InChI is InChI=1S/C38H37N3/c1-28-13-19-34(20-14-28)40(37-21-15-29(2)30(3)25-37)35-22-16-31(17-23-35)27-39-41(36-11-5-4-6-12-36)38-24-18-32-9-7-8-10-33(32)26-38/h4-6,11-27H,7-10H2,1-3H3/b39-27+. The molecule has 0 bridgehead atoms. The number of aryl methyl sites for hydroxylation is 5. The molecule has 0 fully saturated rings. The number of fused-ring (bicyclic) bond motifs is 1. The van der Waals surface area contributed by atoms with Crippen molar-refractivity contribution < 1.29 is 0 Å². The third kappa shape index (κ3) is 5.95. The van der Waals surface area contributed by atoms with E-state index in [9.17, 15) is 0 Å². The first-order valence-electron chi connectivity index (χ1n) is 14.6. The first-order valence-corrected chi connectivity index (χ1v) is 14.6. The van der Waals surface area contributed by atoms with E-state index in [2.05, 4.69) is 140 Å². The lowest BCUT2D eigenvalue weighted by atomic mass is 9.91. The predicted molar refractivity (Wildman–Crippen MR) is 175 cm³/mol. The van der Waals surface area contributed by atoms with E-state index in [4.69, 9.17) is 5.10 Å². The lowest BCUT2D eigenvalue weighted by Crippen LogP contribution is -2.12.